The summed E-state index contributed by atoms with van der Waals surface area (Å²) in [7, 11) is -3.22. The van der Waals surface area contributed by atoms with Gasteiger partial charge in [-0.2, -0.15) is 0 Å². The molecule has 2 aromatic heterocycles. The molecule has 8 heteroatoms. The molecule has 1 saturated heterocycles. The van der Waals surface area contributed by atoms with E-state index in [-0.39, 0.29) is 11.2 Å². The van der Waals surface area contributed by atoms with E-state index in [1.54, 1.807) is 18.3 Å². The molecule has 1 atom stereocenters. The van der Waals surface area contributed by atoms with Crippen molar-refractivity contribution in [1.82, 2.24) is 9.97 Å². The summed E-state index contributed by atoms with van der Waals surface area (Å²) in [6.45, 7) is 9.29. The van der Waals surface area contributed by atoms with E-state index in [4.69, 9.17) is 11.3 Å². The Balaban J connectivity index is 1.52. The molecule has 0 radical (unpaired) electrons. The number of nitrogens with zero attached hydrogens (tertiary/aromatic N) is 2. The molecule has 32 heavy (non-hydrogen) atoms. The number of aromatic amines is 1. The summed E-state index contributed by atoms with van der Waals surface area (Å²) < 4.78 is 30.8. The lowest BCUT2D eigenvalue weighted by Crippen LogP contribution is -2.19. The lowest BCUT2D eigenvalue weighted by atomic mass is 9.83. The van der Waals surface area contributed by atoms with Gasteiger partial charge >= 0.3 is 0 Å². The smallest absolute Gasteiger partial charge is 0.208 e. The van der Waals surface area contributed by atoms with Gasteiger partial charge in [0.25, 0.3) is 0 Å². The Morgan fingerprint density at radius 1 is 1.19 bits per heavy atom. The van der Waals surface area contributed by atoms with Gasteiger partial charge in [0.15, 0.2) is 9.84 Å². The Morgan fingerprint density at radius 3 is 2.56 bits per heavy atom. The van der Waals surface area contributed by atoms with Gasteiger partial charge in [0.05, 0.1) is 22.4 Å². The highest BCUT2D eigenvalue weighted by Gasteiger charge is 2.37. The molecule has 1 aliphatic carbocycles. The minimum absolute atomic E-state index is 0.0198. The SMILES string of the molecule is [C-]#[N+]c1cc(-c2nccs2)[nH]c1C(CC1CCOCC1)c1ccc(S(=O)(=O)C2CC2)cc1. The van der Waals surface area contributed by atoms with Crippen molar-refractivity contribution in [2.24, 2.45) is 5.92 Å². The molecular formula is C24H25N3O3S2. The van der Waals surface area contributed by atoms with Gasteiger partial charge in [-0.3, -0.25) is 0 Å². The first-order chi connectivity index (χ1) is 15.6. The lowest BCUT2D eigenvalue weighted by Gasteiger charge is -2.27. The van der Waals surface area contributed by atoms with Crippen LogP contribution in [0.1, 0.15) is 49.3 Å². The van der Waals surface area contributed by atoms with E-state index in [9.17, 15) is 8.42 Å². The van der Waals surface area contributed by atoms with Crippen molar-refractivity contribution in [2.75, 3.05) is 13.2 Å². The standard InChI is InChI=1S/C24H25N3O3S2/c1-25-21-15-22(24-26-10-13-31-24)27-23(21)20(14-16-8-11-30-12-9-16)17-2-4-18(5-3-17)32(28,29)19-6-7-19/h2-5,10,13,15-16,19-20,27H,6-9,11-12,14H2. The molecule has 6 nitrogen and oxygen atoms in total. The van der Waals surface area contributed by atoms with Crippen molar-refractivity contribution in [1.29, 1.82) is 0 Å². The average molecular weight is 468 g/mol. The van der Waals surface area contributed by atoms with E-state index in [1.807, 2.05) is 23.6 Å². The van der Waals surface area contributed by atoms with E-state index in [1.165, 1.54) is 11.3 Å². The molecule has 2 aliphatic rings. The molecule has 1 aromatic carbocycles. The number of benzene rings is 1. The Labute approximate surface area is 192 Å². The summed E-state index contributed by atoms with van der Waals surface area (Å²) >= 11 is 1.54. The number of H-pyrrole nitrogens is 1. The van der Waals surface area contributed by atoms with Crippen molar-refractivity contribution in [2.45, 2.75) is 48.2 Å². The number of thiazole rings is 1. The van der Waals surface area contributed by atoms with E-state index >= 15 is 0 Å². The molecule has 1 unspecified atom stereocenters. The molecule has 0 bridgehead atoms. The third-order valence-corrected chi connectivity index (χ3v) is 9.53. The van der Waals surface area contributed by atoms with Gasteiger partial charge in [-0.1, -0.05) is 12.1 Å². The van der Waals surface area contributed by atoms with Crippen LogP contribution in [0.5, 0.6) is 0 Å². The second kappa shape index (κ2) is 8.81. The fourth-order valence-corrected chi connectivity index (χ4v) is 6.75. The molecule has 0 spiro atoms. The first-order valence-corrected chi connectivity index (χ1v) is 13.4. The lowest BCUT2D eigenvalue weighted by molar-refractivity contribution is 0.0626. The first-order valence-electron chi connectivity index (χ1n) is 11.0. The fraction of sp³-hybridized carbons (Fsp3) is 0.417. The molecule has 0 amide bonds. The topological polar surface area (TPSA) is 76.4 Å². The van der Waals surface area contributed by atoms with Crippen LogP contribution in [0.2, 0.25) is 0 Å². The van der Waals surface area contributed by atoms with E-state index in [0.717, 1.165) is 67.3 Å². The van der Waals surface area contributed by atoms with Gasteiger partial charge in [0, 0.05) is 36.4 Å². The van der Waals surface area contributed by atoms with E-state index < -0.39 is 9.84 Å². The number of hydrogen-bond donors (Lipinski definition) is 1. The highest BCUT2D eigenvalue weighted by molar-refractivity contribution is 7.92. The van der Waals surface area contributed by atoms with Crippen LogP contribution in [0.15, 0.2) is 46.8 Å². The third kappa shape index (κ3) is 4.25. The van der Waals surface area contributed by atoms with Crippen LogP contribution in [0.3, 0.4) is 0 Å². The normalized spacial score (nSPS) is 18.3. The van der Waals surface area contributed by atoms with Crippen LogP contribution < -0.4 is 0 Å². The van der Waals surface area contributed by atoms with Crippen LogP contribution >= 0.6 is 11.3 Å². The van der Waals surface area contributed by atoms with Gasteiger partial charge in [0.1, 0.15) is 5.01 Å². The van der Waals surface area contributed by atoms with Crippen molar-refractivity contribution < 1.29 is 13.2 Å². The van der Waals surface area contributed by atoms with Crippen molar-refractivity contribution in [3.8, 4) is 10.7 Å². The molecule has 1 saturated carbocycles. The minimum atomic E-state index is -3.22. The Kier molecular flexibility index (Phi) is 5.89. The maximum Gasteiger partial charge on any atom is 0.208 e. The number of hydrogen-bond acceptors (Lipinski definition) is 5. The molecule has 1 N–H and O–H groups in total. The van der Waals surface area contributed by atoms with Crippen molar-refractivity contribution in [3.63, 3.8) is 0 Å². The highest BCUT2D eigenvalue weighted by Crippen LogP contribution is 2.41. The summed E-state index contributed by atoms with van der Waals surface area (Å²) in [5.41, 5.74) is 3.37. The summed E-state index contributed by atoms with van der Waals surface area (Å²) in [6.07, 6.45) is 6.16. The van der Waals surface area contributed by atoms with Crippen LogP contribution in [-0.2, 0) is 14.6 Å². The monoisotopic (exact) mass is 467 g/mol. The van der Waals surface area contributed by atoms with Gasteiger partial charge in [-0.15, -0.1) is 11.3 Å². The minimum Gasteiger partial charge on any atom is -0.381 e. The Bertz CT molecular complexity index is 1210. The maximum atomic E-state index is 12.6. The zero-order valence-corrected chi connectivity index (χ0v) is 19.3. The molecule has 5 rings (SSSR count). The molecule has 2 fully saturated rings. The van der Waals surface area contributed by atoms with Crippen LogP contribution in [-0.4, -0.2) is 36.8 Å². The number of aromatic nitrogens is 2. The molecular weight excluding hydrogens is 442 g/mol. The molecule has 166 valence electrons. The first kappa shape index (κ1) is 21.4. The number of nitrogens with one attached hydrogen (secondary N) is 1. The summed E-state index contributed by atoms with van der Waals surface area (Å²) in [5, 5.41) is 2.56. The van der Waals surface area contributed by atoms with Gasteiger partial charge < -0.3 is 9.72 Å². The summed E-state index contributed by atoms with van der Waals surface area (Å²) in [4.78, 5) is 12.1. The Hall–Kier alpha value is -2.47. The third-order valence-electron chi connectivity index (χ3n) is 6.44. The number of rotatable bonds is 7. The predicted molar refractivity (Wildman–Crippen MR) is 125 cm³/mol. The number of sulfone groups is 1. The quantitative estimate of drug-likeness (QED) is 0.461. The Morgan fingerprint density at radius 2 is 1.94 bits per heavy atom. The van der Waals surface area contributed by atoms with E-state index in [0.29, 0.717) is 16.5 Å². The van der Waals surface area contributed by atoms with Crippen LogP contribution in [0, 0.1) is 12.5 Å². The zero-order chi connectivity index (χ0) is 22.1. The van der Waals surface area contributed by atoms with Gasteiger partial charge in [0.2, 0.25) is 5.69 Å². The largest absolute Gasteiger partial charge is 0.381 e. The van der Waals surface area contributed by atoms with Crippen molar-refractivity contribution in [3.05, 3.63) is 64.6 Å². The average Bonchev–Trinajstić information content (AvgIpc) is 3.39. The zero-order valence-electron chi connectivity index (χ0n) is 17.7. The number of ether oxygens (including phenoxy) is 1. The van der Waals surface area contributed by atoms with E-state index in [2.05, 4.69) is 14.8 Å². The molecule has 3 aromatic rings. The second-order valence-corrected chi connectivity index (χ2v) is 11.7. The van der Waals surface area contributed by atoms with Crippen molar-refractivity contribution >= 4 is 26.9 Å². The molecule has 1 aliphatic heterocycles. The summed E-state index contributed by atoms with van der Waals surface area (Å²) in [6, 6.07) is 9.21. The second-order valence-electron chi connectivity index (χ2n) is 8.59. The van der Waals surface area contributed by atoms with Gasteiger partial charge in [-0.25, -0.2) is 18.2 Å². The highest BCUT2D eigenvalue weighted by atomic mass is 32.2. The molecule has 3 heterocycles. The fourth-order valence-electron chi connectivity index (χ4n) is 4.49. The van der Waals surface area contributed by atoms with Crippen LogP contribution in [0.25, 0.3) is 15.5 Å². The summed E-state index contributed by atoms with van der Waals surface area (Å²) in [5.74, 6) is 0.474. The van der Waals surface area contributed by atoms with Crippen LogP contribution in [0.4, 0.5) is 5.69 Å². The van der Waals surface area contributed by atoms with Gasteiger partial charge in [-0.05, 0) is 61.8 Å². The maximum absolute atomic E-state index is 12.6. The predicted octanol–water partition coefficient (Wildman–Crippen LogP) is 5.57.